The van der Waals surface area contributed by atoms with E-state index >= 15 is 0 Å². The number of carbonyl (C=O) groups is 1. The molecule has 12 heteroatoms. The van der Waals surface area contributed by atoms with Gasteiger partial charge in [-0.2, -0.15) is 30.7 Å². The predicted molar refractivity (Wildman–Crippen MR) is 56.7 cm³/mol. The molecule has 0 amide bonds. The number of alkyl halides is 6. The Morgan fingerprint density at radius 2 is 1.50 bits per heavy atom. The van der Waals surface area contributed by atoms with Gasteiger partial charge in [-0.25, -0.2) is 4.79 Å². The third-order valence-electron chi connectivity index (χ3n) is 2.23. The van der Waals surface area contributed by atoms with Gasteiger partial charge in [0.2, 0.25) is 0 Å². The first-order valence-electron chi connectivity index (χ1n) is 5.11. The monoisotopic (exact) mass is 351 g/mol. The number of carbonyl (C=O) groups excluding carboxylic acids is 1. The van der Waals surface area contributed by atoms with Crippen molar-refractivity contribution in [2.75, 3.05) is 0 Å². The first kappa shape index (κ1) is 18.5. The van der Waals surface area contributed by atoms with Crippen molar-refractivity contribution >= 4 is 18.0 Å². The molecule has 0 saturated heterocycles. The van der Waals surface area contributed by atoms with E-state index in [1.165, 1.54) is 18.2 Å². The summed E-state index contributed by atoms with van der Waals surface area (Å²) < 4.78 is 79.3. The Kier molecular flexibility index (Phi) is 5.67. The topological polar surface area (TPSA) is 67.8 Å². The fraction of sp³-hybridized carbons (Fsp3) is 0.300. The molecule has 5 nitrogen and oxygen atoms in total. The highest BCUT2D eigenvalue weighted by atomic mass is 32.2. The molecule has 0 aliphatic rings. The highest BCUT2D eigenvalue weighted by Gasteiger charge is 2.79. The fourth-order valence-corrected chi connectivity index (χ4v) is 1.68. The van der Waals surface area contributed by atoms with E-state index in [4.69, 9.17) is 0 Å². The summed E-state index contributed by atoms with van der Waals surface area (Å²) in [6, 6.07) is 5.75. The minimum atomic E-state index is -6.18. The number of rotatable bonds is 5. The largest absolute Gasteiger partial charge is 0.691 e. The third-order valence-corrected chi connectivity index (χ3v) is 3.23. The molecule has 0 heterocycles. The second-order valence-corrected chi connectivity index (χ2v) is 4.51. The highest BCUT2D eigenvalue weighted by molar-refractivity contribution is 7.96. The summed E-state index contributed by atoms with van der Waals surface area (Å²) in [7, 11) is 0. The number of hydrogen-bond acceptors (Lipinski definition) is 6. The van der Waals surface area contributed by atoms with Crippen LogP contribution < -0.4 is 9.99 Å². The smallest absolute Gasteiger partial charge is 0.425 e. The highest BCUT2D eigenvalue weighted by Crippen LogP contribution is 2.53. The minimum absolute atomic E-state index is 0.561. The number of hydrogen-bond donors (Lipinski definition) is 0. The van der Waals surface area contributed by atoms with Gasteiger partial charge in [-0.15, -0.1) is 0 Å². The molecule has 22 heavy (non-hydrogen) atoms. The van der Waals surface area contributed by atoms with Gasteiger partial charge in [-0.05, 0) is 12.1 Å². The van der Waals surface area contributed by atoms with Gasteiger partial charge in [-0.1, -0.05) is 18.2 Å². The summed E-state index contributed by atoms with van der Waals surface area (Å²) in [6.45, 7) is 0. The van der Waals surface area contributed by atoms with E-state index in [0.29, 0.717) is 0 Å². The predicted octanol–water partition coefficient (Wildman–Crippen LogP) is 2.33. The molecule has 124 valence electrons. The molecule has 0 atom stereocenters. The summed E-state index contributed by atoms with van der Waals surface area (Å²) in [5.74, 6) is -3.30. The second-order valence-electron chi connectivity index (χ2n) is 3.60. The number of esters is 1. The SMILES string of the molecule is O=C(Oc1ccccc1)C(SOO[O-])(C(F)(F)F)C(F)(F)F. The molecule has 1 aromatic carbocycles. The lowest BCUT2D eigenvalue weighted by Gasteiger charge is -2.32. The maximum atomic E-state index is 12.9. The van der Waals surface area contributed by atoms with Crippen LogP contribution in [0.4, 0.5) is 26.3 Å². The van der Waals surface area contributed by atoms with Crippen LogP contribution in [0.3, 0.4) is 0 Å². The molecule has 1 rings (SSSR count). The second kappa shape index (κ2) is 6.73. The number of benzene rings is 1. The van der Waals surface area contributed by atoms with Crippen molar-refractivity contribution in [2.24, 2.45) is 0 Å². The van der Waals surface area contributed by atoms with Gasteiger partial charge < -0.3 is 9.99 Å². The van der Waals surface area contributed by atoms with Crippen LogP contribution in [0.15, 0.2) is 30.3 Å². The Morgan fingerprint density at radius 3 is 1.91 bits per heavy atom. The van der Waals surface area contributed by atoms with Gasteiger partial charge in [0.05, 0.1) is 12.0 Å². The van der Waals surface area contributed by atoms with E-state index in [0.717, 1.165) is 12.1 Å². The summed E-state index contributed by atoms with van der Waals surface area (Å²) in [5.41, 5.74) is 0. The Morgan fingerprint density at radius 1 is 1.00 bits per heavy atom. The van der Waals surface area contributed by atoms with E-state index < -0.39 is 40.9 Å². The van der Waals surface area contributed by atoms with Crippen molar-refractivity contribution in [1.29, 1.82) is 0 Å². The van der Waals surface area contributed by atoms with Crippen LogP contribution in [0, 0.1) is 0 Å². The van der Waals surface area contributed by atoms with E-state index in [1.807, 2.05) is 0 Å². The van der Waals surface area contributed by atoms with Gasteiger partial charge in [0.1, 0.15) is 5.75 Å². The summed E-state index contributed by atoms with van der Waals surface area (Å²) in [5, 5.41) is 12.1. The Hall–Kier alpha value is -1.50. The summed E-state index contributed by atoms with van der Waals surface area (Å²) in [6.07, 6.45) is -12.4. The van der Waals surface area contributed by atoms with E-state index in [2.05, 4.69) is 14.1 Å². The molecular formula is C10H5F6O5S-. The standard InChI is InChI=1S/C10H6F6O5S/c11-9(12,13)8(10(14,15)16,22-21-20-18)7(17)19-6-4-2-1-3-5-6/h1-5,18H/p-1. The average molecular weight is 351 g/mol. The lowest BCUT2D eigenvalue weighted by Crippen LogP contribution is -2.61. The maximum Gasteiger partial charge on any atom is 0.425 e. The minimum Gasteiger partial charge on any atom is -0.691 e. The van der Waals surface area contributed by atoms with Crippen molar-refractivity contribution in [3.8, 4) is 5.75 Å². The van der Waals surface area contributed by atoms with Crippen LogP contribution in [-0.4, -0.2) is 23.1 Å². The molecule has 0 aliphatic heterocycles. The van der Waals surface area contributed by atoms with Gasteiger partial charge in [-0.3, -0.25) is 5.04 Å². The van der Waals surface area contributed by atoms with Crippen molar-refractivity contribution < 1.29 is 50.5 Å². The normalized spacial score (nSPS) is 13.0. The van der Waals surface area contributed by atoms with Crippen LogP contribution in [-0.2, 0) is 14.2 Å². The fourth-order valence-electron chi connectivity index (χ4n) is 1.25. The summed E-state index contributed by atoms with van der Waals surface area (Å²) in [4.78, 5) is 11.5. The first-order valence-corrected chi connectivity index (χ1v) is 5.85. The van der Waals surface area contributed by atoms with E-state index in [-0.39, 0.29) is 0 Å². The van der Waals surface area contributed by atoms with Crippen molar-refractivity contribution in [3.05, 3.63) is 30.3 Å². The van der Waals surface area contributed by atoms with Crippen molar-refractivity contribution in [3.63, 3.8) is 0 Å². The Bertz CT molecular complexity index is 489. The van der Waals surface area contributed by atoms with Crippen LogP contribution >= 0.6 is 12.0 Å². The average Bonchev–Trinajstić information content (AvgIpc) is 2.37. The lowest BCUT2D eigenvalue weighted by atomic mass is 10.1. The van der Waals surface area contributed by atoms with E-state index in [9.17, 15) is 36.4 Å². The molecule has 0 bridgehead atoms. The molecule has 0 aliphatic carbocycles. The first-order chi connectivity index (χ1) is 10.1. The third kappa shape index (κ3) is 3.63. The molecule has 0 saturated carbocycles. The zero-order valence-electron chi connectivity index (χ0n) is 10.1. The zero-order valence-corrected chi connectivity index (χ0v) is 10.9. The van der Waals surface area contributed by atoms with Crippen LogP contribution in [0.2, 0.25) is 0 Å². The number of halogens is 6. The zero-order chi connectivity index (χ0) is 17.0. The lowest BCUT2D eigenvalue weighted by molar-refractivity contribution is -0.777. The number of para-hydroxylation sites is 1. The maximum absolute atomic E-state index is 12.9. The van der Waals surface area contributed by atoms with Gasteiger partial charge in [0.15, 0.2) is 0 Å². The summed E-state index contributed by atoms with van der Waals surface area (Å²) >= 11 is -1.55. The molecular weight excluding hydrogens is 346 g/mol. The molecule has 0 N–H and O–H groups in total. The van der Waals surface area contributed by atoms with Crippen LogP contribution in [0.25, 0.3) is 0 Å². The van der Waals surface area contributed by atoms with Crippen molar-refractivity contribution in [2.45, 2.75) is 17.1 Å². The van der Waals surface area contributed by atoms with Gasteiger partial charge >= 0.3 is 23.1 Å². The van der Waals surface area contributed by atoms with Crippen LogP contribution in [0.1, 0.15) is 0 Å². The number of ether oxygens (including phenoxy) is 1. The molecule has 0 aromatic heterocycles. The Balaban J connectivity index is 3.26. The molecule has 1 aromatic rings. The molecule has 0 unspecified atom stereocenters. The Labute approximate surface area is 122 Å². The van der Waals surface area contributed by atoms with Gasteiger partial charge in [0.25, 0.3) is 0 Å². The van der Waals surface area contributed by atoms with Gasteiger partial charge in [0, 0.05) is 0 Å². The molecule has 0 spiro atoms. The van der Waals surface area contributed by atoms with Crippen molar-refractivity contribution in [1.82, 2.24) is 0 Å². The molecule has 0 fully saturated rings. The molecule has 0 radical (unpaired) electrons. The van der Waals surface area contributed by atoms with Crippen LogP contribution in [0.5, 0.6) is 5.75 Å². The quantitative estimate of drug-likeness (QED) is 0.203. The van der Waals surface area contributed by atoms with E-state index in [1.54, 1.807) is 0 Å².